The second-order valence-corrected chi connectivity index (χ2v) is 11.7. The number of hydrogen-bond acceptors (Lipinski definition) is 7. The maximum Gasteiger partial charge on any atom is 0.211 e. The third kappa shape index (κ3) is 4.74. The Labute approximate surface area is 215 Å². The van der Waals surface area contributed by atoms with Crippen LogP contribution in [0.3, 0.4) is 0 Å². The summed E-state index contributed by atoms with van der Waals surface area (Å²) in [5.41, 5.74) is 11.6. The molecule has 4 rings (SSSR count). The number of carbonyl (C=O) groups is 1. The lowest BCUT2D eigenvalue weighted by Crippen LogP contribution is -2.09. The van der Waals surface area contributed by atoms with Crippen LogP contribution in [0.4, 0.5) is 16.4 Å². The van der Waals surface area contributed by atoms with E-state index in [1.807, 2.05) is 58.0 Å². The molecule has 186 valence electrons. The van der Waals surface area contributed by atoms with E-state index >= 15 is 0 Å². The van der Waals surface area contributed by atoms with Gasteiger partial charge in [0.05, 0.1) is 17.7 Å². The van der Waals surface area contributed by atoms with Crippen molar-refractivity contribution in [3.63, 3.8) is 0 Å². The molecule has 1 aromatic heterocycles. The molecule has 0 saturated heterocycles. The summed E-state index contributed by atoms with van der Waals surface area (Å²) in [5.74, 6) is 0.223. The van der Waals surface area contributed by atoms with Crippen LogP contribution in [0.25, 0.3) is 0 Å². The topological polar surface area (TPSA) is 98.5 Å². The molecule has 0 aliphatic carbocycles. The molecule has 1 heterocycles. The number of ketones is 1. The highest BCUT2D eigenvalue weighted by atomic mass is 32.2. The van der Waals surface area contributed by atoms with Crippen molar-refractivity contribution >= 4 is 43.3 Å². The number of anilines is 3. The smallest absolute Gasteiger partial charge is 0.211 e. The van der Waals surface area contributed by atoms with Crippen molar-refractivity contribution in [2.45, 2.75) is 37.5 Å². The predicted molar refractivity (Wildman–Crippen MR) is 146 cm³/mol. The molecule has 0 aliphatic rings. The van der Waals surface area contributed by atoms with Gasteiger partial charge in [0.15, 0.2) is 0 Å². The van der Waals surface area contributed by atoms with Crippen LogP contribution in [-0.4, -0.2) is 21.3 Å². The van der Waals surface area contributed by atoms with Gasteiger partial charge in [-0.1, -0.05) is 29.8 Å². The summed E-state index contributed by atoms with van der Waals surface area (Å²) >= 11 is 1.05. The van der Waals surface area contributed by atoms with Crippen molar-refractivity contribution < 1.29 is 17.9 Å². The Kier molecular flexibility index (Phi) is 6.93. The highest BCUT2D eigenvalue weighted by molar-refractivity contribution is 7.92. The molecule has 0 bridgehead atoms. The second-order valence-electron chi connectivity index (χ2n) is 8.75. The van der Waals surface area contributed by atoms with Crippen molar-refractivity contribution in [2.75, 3.05) is 18.2 Å². The minimum absolute atomic E-state index is 0.0569. The van der Waals surface area contributed by atoms with Crippen LogP contribution in [0.5, 0.6) is 5.75 Å². The van der Waals surface area contributed by atoms with E-state index in [9.17, 15) is 13.2 Å². The molecule has 6 nitrogen and oxygen atoms in total. The molecular weight excluding hydrogens is 492 g/mol. The minimum atomic E-state index is -4.06. The van der Waals surface area contributed by atoms with Gasteiger partial charge in [0.25, 0.3) is 0 Å². The number of hydrogen-bond donors (Lipinski definition) is 2. The molecule has 3 N–H and O–H groups in total. The van der Waals surface area contributed by atoms with E-state index in [1.165, 1.54) is 19.2 Å². The standard InChI is InChI=1S/C28H28N2O4S2/c1-16-6-13-23(19(4)14-16)25(31)26-24(29)27(36(32,33)22-11-9-21(34-5)10-12-22)28(35-26)30-20-8-7-17(2)18(3)15-20/h6-15,30H,29H2,1-5H3. The fraction of sp³-hybridized carbons (Fsp3) is 0.179. The van der Waals surface area contributed by atoms with Crippen LogP contribution in [0.15, 0.2) is 70.5 Å². The summed E-state index contributed by atoms with van der Waals surface area (Å²) in [6.45, 7) is 7.79. The maximum absolute atomic E-state index is 13.8. The molecule has 0 aliphatic heterocycles. The van der Waals surface area contributed by atoms with Crippen LogP contribution in [0, 0.1) is 27.7 Å². The quantitative estimate of drug-likeness (QED) is 0.274. The Morgan fingerprint density at radius 3 is 2.19 bits per heavy atom. The molecule has 36 heavy (non-hydrogen) atoms. The third-order valence-corrected chi connectivity index (χ3v) is 9.24. The van der Waals surface area contributed by atoms with Gasteiger partial charge >= 0.3 is 0 Å². The van der Waals surface area contributed by atoms with E-state index in [0.29, 0.717) is 22.0 Å². The minimum Gasteiger partial charge on any atom is -0.497 e. The summed E-state index contributed by atoms with van der Waals surface area (Å²) in [5, 5.41) is 3.50. The molecule has 0 radical (unpaired) electrons. The van der Waals surface area contributed by atoms with Crippen molar-refractivity contribution in [1.29, 1.82) is 0 Å². The van der Waals surface area contributed by atoms with E-state index in [0.717, 1.165) is 33.6 Å². The molecule has 0 unspecified atom stereocenters. The number of nitrogens with one attached hydrogen (secondary N) is 1. The van der Waals surface area contributed by atoms with E-state index in [-0.39, 0.29) is 26.1 Å². The highest BCUT2D eigenvalue weighted by Gasteiger charge is 2.32. The number of benzene rings is 3. The summed E-state index contributed by atoms with van der Waals surface area (Å²) in [7, 11) is -2.55. The molecule has 0 saturated carbocycles. The van der Waals surface area contributed by atoms with Crippen LogP contribution < -0.4 is 15.8 Å². The lowest BCUT2D eigenvalue weighted by atomic mass is 10.0. The zero-order valence-electron chi connectivity index (χ0n) is 20.8. The number of thiophene rings is 1. The van der Waals surface area contributed by atoms with Crippen molar-refractivity contribution in [2.24, 2.45) is 0 Å². The molecule has 0 amide bonds. The number of rotatable bonds is 7. The number of sulfone groups is 1. The van der Waals surface area contributed by atoms with E-state index < -0.39 is 9.84 Å². The number of aryl methyl sites for hydroxylation is 4. The summed E-state index contributed by atoms with van der Waals surface area (Å²) < 4.78 is 32.8. The number of methoxy groups -OCH3 is 1. The lowest BCUT2D eigenvalue weighted by molar-refractivity contribution is 0.104. The summed E-state index contributed by atoms with van der Waals surface area (Å²) in [6.07, 6.45) is 0. The summed E-state index contributed by atoms with van der Waals surface area (Å²) in [6, 6.07) is 17.4. The van der Waals surface area contributed by atoms with E-state index in [1.54, 1.807) is 18.2 Å². The molecule has 0 spiro atoms. The number of carbonyl (C=O) groups excluding carboxylic acids is 1. The van der Waals surface area contributed by atoms with Gasteiger partial charge < -0.3 is 15.8 Å². The zero-order chi connectivity index (χ0) is 26.2. The molecule has 0 atom stereocenters. The van der Waals surface area contributed by atoms with Crippen LogP contribution in [-0.2, 0) is 9.84 Å². The second kappa shape index (κ2) is 9.79. The Balaban J connectivity index is 1.89. The van der Waals surface area contributed by atoms with Crippen molar-refractivity contribution in [1.82, 2.24) is 0 Å². The fourth-order valence-corrected chi connectivity index (χ4v) is 6.89. The number of nitrogen functional groups attached to an aromatic ring is 1. The van der Waals surface area contributed by atoms with Gasteiger partial charge in [-0.25, -0.2) is 8.42 Å². The molecular formula is C28H28N2O4S2. The van der Waals surface area contributed by atoms with Gasteiger partial charge in [-0.3, -0.25) is 4.79 Å². The van der Waals surface area contributed by atoms with Gasteiger partial charge in [0, 0.05) is 11.3 Å². The molecule has 0 fully saturated rings. The first kappa shape index (κ1) is 25.5. The average Bonchev–Trinajstić information content (AvgIpc) is 3.17. The Hall–Kier alpha value is -3.62. The van der Waals surface area contributed by atoms with Crippen LogP contribution >= 0.6 is 11.3 Å². The number of ether oxygens (including phenoxy) is 1. The third-order valence-electron chi connectivity index (χ3n) is 6.14. The maximum atomic E-state index is 13.8. The Bertz CT molecular complexity index is 1570. The molecule has 3 aromatic carbocycles. The lowest BCUT2D eigenvalue weighted by Gasteiger charge is -2.11. The average molecular weight is 521 g/mol. The van der Waals surface area contributed by atoms with Crippen molar-refractivity contribution in [3.05, 3.63) is 93.4 Å². The highest BCUT2D eigenvalue weighted by Crippen LogP contribution is 2.44. The van der Waals surface area contributed by atoms with Gasteiger partial charge in [-0.05, 0) is 80.8 Å². The van der Waals surface area contributed by atoms with E-state index in [2.05, 4.69) is 5.32 Å². The van der Waals surface area contributed by atoms with Crippen molar-refractivity contribution in [3.8, 4) is 5.75 Å². The van der Waals surface area contributed by atoms with E-state index in [4.69, 9.17) is 10.5 Å². The first-order valence-electron chi connectivity index (χ1n) is 11.3. The monoisotopic (exact) mass is 520 g/mol. The Morgan fingerprint density at radius 2 is 1.58 bits per heavy atom. The van der Waals surface area contributed by atoms with Gasteiger partial charge in [-0.2, -0.15) is 0 Å². The predicted octanol–water partition coefficient (Wildman–Crippen LogP) is 6.38. The first-order chi connectivity index (χ1) is 17.0. The van der Waals surface area contributed by atoms with Gasteiger partial charge in [0.1, 0.15) is 20.5 Å². The molecule has 4 aromatic rings. The normalized spacial score (nSPS) is 11.4. The zero-order valence-corrected chi connectivity index (χ0v) is 22.4. The van der Waals surface area contributed by atoms with Crippen LogP contribution in [0.2, 0.25) is 0 Å². The molecule has 8 heteroatoms. The van der Waals surface area contributed by atoms with Gasteiger partial charge in [-0.15, -0.1) is 11.3 Å². The largest absolute Gasteiger partial charge is 0.497 e. The summed E-state index contributed by atoms with van der Waals surface area (Å²) in [4.78, 5) is 13.7. The van der Waals surface area contributed by atoms with Crippen LogP contribution in [0.1, 0.15) is 37.5 Å². The fourth-order valence-electron chi connectivity index (χ4n) is 3.96. The number of nitrogens with two attached hydrogens (primary N) is 1. The van der Waals surface area contributed by atoms with Gasteiger partial charge in [0.2, 0.25) is 15.6 Å². The Morgan fingerprint density at radius 1 is 0.889 bits per heavy atom. The SMILES string of the molecule is COc1ccc(S(=O)(=O)c2c(Nc3ccc(C)c(C)c3)sc(C(=O)c3ccc(C)cc3C)c2N)cc1. The first-order valence-corrected chi connectivity index (χ1v) is 13.6.